The summed E-state index contributed by atoms with van der Waals surface area (Å²) in [5, 5.41) is 6.03. The summed E-state index contributed by atoms with van der Waals surface area (Å²) < 4.78 is 5.14. The summed E-state index contributed by atoms with van der Waals surface area (Å²) in [5.41, 5.74) is 2.43. The lowest BCUT2D eigenvalue weighted by Crippen LogP contribution is -2.30. The summed E-state index contributed by atoms with van der Waals surface area (Å²) in [6, 6.07) is 8.17. The highest BCUT2D eigenvalue weighted by molar-refractivity contribution is 5.72. The van der Waals surface area contributed by atoms with Crippen LogP contribution in [0.15, 0.2) is 24.3 Å². The molecule has 0 fully saturated rings. The third-order valence-electron chi connectivity index (χ3n) is 2.41. The Morgan fingerprint density at radius 1 is 1.24 bits per heavy atom. The smallest absolute Gasteiger partial charge is 0.216 e. The highest BCUT2D eigenvalue weighted by atomic mass is 16.5. The molecule has 4 nitrogen and oxygen atoms in total. The minimum Gasteiger partial charge on any atom is -0.380 e. The number of hydrogen-bond acceptors (Lipinski definition) is 3. The molecule has 0 atom stereocenters. The standard InChI is InChI=1S/C13H20N2O2/c1-11(16)15-8-7-14-9-12-5-3-4-6-13(12)10-17-2/h3-6,14H,7-10H2,1-2H3,(H,15,16). The normalized spacial score (nSPS) is 10.2. The van der Waals surface area contributed by atoms with E-state index in [1.54, 1.807) is 7.11 Å². The van der Waals surface area contributed by atoms with Crippen LogP contribution in [0.5, 0.6) is 0 Å². The van der Waals surface area contributed by atoms with Gasteiger partial charge in [-0.1, -0.05) is 24.3 Å². The second kappa shape index (κ2) is 7.81. The number of rotatable bonds is 7. The van der Waals surface area contributed by atoms with Crippen molar-refractivity contribution in [3.63, 3.8) is 0 Å². The molecule has 0 bridgehead atoms. The summed E-state index contributed by atoms with van der Waals surface area (Å²) in [5.74, 6) is 0.00610. The van der Waals surface area contributed by atoms with Crippen molar-refractivity contribution >= 4 is 5.91 Å². The average Bonchev–Trinajstić information content (AvgIpc) is 2.31. The van der Waals surface area contributed by atoms with Crippen LogP contribution in [0, 0.1) is 0 Å². The van der Waals surface area contributed by atoms with Crippen LogP contribution < -0.4 is 10.6 Å². The Balaban J connectivity index is 2.33. The zero-order chi connectivity index (χ0) is 12.5. The van der Waals surface area contributed by atoms with Gasteiger partial charge in [0, 0.05) is 33.7 Å². The molecule has 0 spiro atoms. The molecule has 0 unspecified atom stereocenters. The lowest BCUT2D eigenvalue weighted by atomic mass is 10.1. The maximum Gasteiger partial charge on any atom is 0.216 e. The van der Waals surface area contributed by atoms with E-state index < -0.39 is 0 Å². The van der Waals surface area contributed by atoms with E-state index in [4.69, 9.17) is 4.74 Å². The topological polar surface area (TPSA) is 50.4 Å². The van der Waals surface area contributed by atoms with Gasteiger partial charge in [-0.05, 0) is 11.1 Å². The maximum atomic E-state index is 10.7. The molecular formula is C13H20N2O2. The van der Waals surface area contributed by atoms with E-state index in [9.17, 15) is 4.79 Å². The zero-order valence-corrected chi connectivity index (χ0v) is 10.5. The number of carbonyl (C=O) groups excluding carboxylic acids is 1. The van der Waals surface area contributed by atoms with Crippen LogP contribution in [0.4, 0.5) is 0 Å². The van der Waals surface area contributed by atoms with Gasteiger partial charge in [0.25, 0.3) is 0 Å². The molecule has 17 heavy (non-hydrogen) atoms. The van der Waals surface area contributed by atoms with Gasteiger partial charge < -0.3 is 15.4 Å². The van der Waals surface area contributed by atoms with Crippen LogP contribution in [0.2, 0.25) is 0 Å². The fourth-order valence-corrected chi connectivity index (χ4v) is 1.58. The molecule has 0 aliphatic rings. The van der Waals surface area contributed by atoms with Gasteiger partial charge in [0.1, 0.15) is 0 Å². The molecule has 1 amide bonds. The van der Waals surface area contributed by atoms with Crippen LogP contribution in [0.25, 0.3) is 0 Å². The van der Waals surface area contributed by atoms with E-state index in [1.807, 2.05) is 12.1 Å². The van der Waals surface area contributed by atoms with E-state index in [0.29, 0.717) is 13.2 Å². The van der Waals surface area contributed by atoms with Crippen molar-refractivity contribution in [2.45, 2.75) is 20.1 Å². The Morgan fingerprint density at radius 2 is 1.94 bits per heavy atom. The van der Waals surface area contributed by atoms with Gasteiger partial charge in [-0.3, -0.25) is 4.79 Å². The summed E-state index contributed by atoms with van der Waals surface area (Å²) in [6.07, 6.45) is 0. The van der Waals surface area contributed by atoms with Crippen molar-refractivity contribution in [1.29, 1.82) is 0 Å². The van der Waals surface area contributed by atoms with Gasteiger partial charge in [-0.15, -0.1) is 0 Å². The van der Waals surface area contributed by atoms with Crippen molar-refractivity contribution in [2.75, 3.05) is 20.2 Å². The molecule has 1 aromatic rings. The summed E-state index contributed by atoms with van der Waals surface area (Å²) in [6.45, 7) is 4.36. The third kappa shape index (κ3) is 5.47. The van der Waals surface area contributed by atoms with Crippen molar-refractivity contribution in [3.8, 4) is 0 Å². The van der Waals surface area contributed by atoms with Crippen LogP contribution in [-0.4, -0.2) is 26.1 Å². The summed E-state index contributed by atoms with van der Waals surface area (Å²) >= 11 is 0. The number of methoxy groups -OCH3 is 1. The minimum absolute atomic E-state index is 0.00610. The molecule has 0 radical (unpaired) electrons. The van der Waals surface area contributed by atoms with Crippen LogP contribution >= 0.6 is 0 Å². The Morgan fingerprint density at radius 3 is 2.59 bits per heavy atom. The second-order valence-electron chi connectivity index (χ2n) is 3.86. The number of ether oxygens (including phenoxy) is 1. The molecule has 0 heterocycles. The van der Waals surface area contributed by atoms with E-state index in [1.165, 1.54) is 18.1 Å². The number of carbonyl (C=O) groups is 1. The van der Waals surface area contributed by atoms with Crippen LogP contribution in [-0.2, 0) is 22.7 Å². The van der Waals surface area contributed by atoms with Crippen LogP contribution in [0.3, 0.4) is 0 Å². The molecule has 1 aromatic carbocycles. The molecule has 0 saturated heterocycles. The molecule has 0 saturated carbocycles. The predicted octanol–water partition coefficient (Wildman–Crippen LogP) is 1.06. The van der Waals surface area contributed by atoms with Gasteiger partial charge in [0.2, 0.25) is 5.91 Å². The largest absolute Gasteiger partial charge is 0.380 e. The van der Waals surface area contributed by atoms with Crippen molar-refractivity contribution in [2.24, 2.45) is 0 Å². The predicted molar refractivity (Wildman–Crippen MR) is 67.5 cm³/mol. The van der Waals surface area contributed by atoms with Gasteiger partial charge in [-0.25, -0.2) is 0 Å². The number of amides is 1. The molecule has 4 heteroatoms. The van der Waals surface area contributed by atoms with Gasteiger partial charge >= 0.3 is 0 Å². The van der Waals surface area contributed by atoms with E-state index in [2.05, 4.69) is 22.8 Å². The molecule has 2 N–H and O–H groups in total. The SMILES string of the molecule is COCc1ccccc1CNCCNC(C)=O. The minimum atomic E-state index is 0.00610. The lowest BCUT2D eigenvalue weighted by Gasteiger charge is -2.10. The Bertz CT molecular complexity index is 353. The summed E-state index contributed by atoms with van der Waals surface area (Å²) in [7, 11) is 1.70. The first-order valence-electron chi connectivity index (χ1n) is 5.75. The average molecular weight is 236 g/mol. The van der Waals surface area contributed by atoms with Crippen molar-refractivity contribution < 1.29 is 9.53 Å². The van der Waals surface area contributed by atoms with E-state index in [0.717, 1.165) is 13.1 Å². The molecular weight excluding hydrogens is 216 g/mol. The third-order valence-corrected chi connectivity index (χ3v) is 2.41. The first kappa shape index (κ1) is 13.7. The van der Waals surface area contributed by atoms with E-state index >= 15 is 0 Å². The van der Waals surface area contributed by atoms with Crippen molar-refractivity contribution in [1.82, 2.24) is 10.6 Å². The van der Waals surface area contributed by atoms with Crippen molar-refractivity contribution in [3.05, 3.63) is 35.4 Å². The van der Waals surface area contributed by atoms with Crippen LogP contribution in [0.1, 0.15) is 18.1 Å². The zero-order valence-electron chi connectivity index (χ0n) is 10.5. The number of nitrogens with one attached hydrogen (secondary N) is 2. The monoisotopic (exact) mass is 236 g/mol. The Kier molecular flexibility index (Phi) is 6.29. The lowest BCUT2D eigenvalue weighted by molar-refractivity contribution is -0.118. The molecule has 0 aliphatic carbocycles. The first-order valence-corrected chi connectivity index (χ1v) is 5.75. The fourth-order valence-electron chi connectivity index (χ4n) is 1.58. The first-order chi connectivity index (χ1) is 8.24. The molecule has 0 aliphatic heterocycles. The highest BCUT2D eigenvalue weighted by Gasteiger charge is 2.00. The Labute approximate surface area is 102 Å². The van der Waals surface area contributed by atoms with Gasteiger partial charge in [0.15, 0.2) is 0 Å². The molecule has 1 rings (SSSR count). The quantitative estimate of drug-likeness (QED) is 0.696. The maximum absolute atomic E-state index is 10.7. The van der Waals surface area contributed by atoms with Gasteiger partial charge in [-0.2, -0.15) is 0 Å². The number of hydrogen-bond donors (Lipinski definition) is 2. The fraction of sp³-hybridized carbons (Fsp3) is 0.462. The Hall–Kier alpha value is -1.39. The van der Waals surface area contributed by atoms with Gasteiger partial charge in [0.05, 0.1) is 6.61 Å². The molecule has 94 valence electrons. The number of benzene rings is 1. The highest BCUT2D eigenvalue weighted by Crippen LogP contribution is 2.09. The second-order valence-corrected chi connectivity index (χ2v) is 3.86. The summed E-state index contributed by atoms with van der Waals surface area (Å²) in [4.78, 5) is 10.7. The molecule has 0 aromatic heterocycles. The van der Waals surface area contributed by atoms with E-state index in [-0.39, 0.29) is 5.91 Å².